The molecule has 1 aromatic heterocycles. The average Bonchev–Trinajstić information content (AvgIpc) is 2.64. The fourth-order valence-corrected chi connectivity index (χ4v) is 4.69. The van der Waals surface area contributed by atoms with Crippen LogP contribution in [0.2, 0.25) is 0 Å². The quantitative estimate of drug-likeness (QED) is 0.812. The predicted molar refractivity (Wildman–Crippen MR) is 84.8 cm³/mol. The number of sulfone groups is 1. The molecule has 0 aliphatic carbocycles. The number of hydrogen-bond acceptors (Lipinski definition) is 5. The van der Waals surface area contributed by atoms with Crippen molar-refractivity contribution in [1.29, 1.82) is 0 Å². The van der Waals surface area contributed by atoms with Crippen LogP contribution in [0.1, 0.15) is 23.4 Å². The first-order valence-electron chi connectivity index (χ1n) is 6.51. The first kappa shape index (κ1) is 15.2. The van der Waals surface area contributed by atoms with E-state index < -0.39 is 9.84 Å². The van der Waals surface area contributed by atoms with E-state index in [9.17, 15) is 8.42 Å². The molecule has 5 nitrogen and oxygen atoms in total. The molecule has 2 heterocycles. The third kappa shape index (κ3) is 3.46. The Hall–Kier alpha value is -1.21. The normalized spacial score (nSPS) is 20.8. The number of nitrogens with two attached hydrogens (primary N) is 1. The highest BCUT2D eigenvalue weighted by molar-refractivity contribution is 7.91. The standard InChI is InChI=1S/C13H19N3O2S2/c1-8-5-11(12(13(14)19)9(2)16-8)15-6-10-3-4-20(17,18)7-10/h5,10H,3-4,6-7H2,1-2H3,(H2,14,19)(H,15,16). The van der Waals surface area contributed by atoms with Crippen LogP contribution < -0.4 is 11.1 Å². The Morgan fingerprint density at radius 2 is 2.25 bits per heavy atom. The maximum atomic E-state index is 11.5. The number of aryl methyl sites for hydroxylation is 2. The van der Waals surface area contributed by atoms with Gasteiger partial charge in [-0.1, -0.05) is 12.2 Å². The molecule has 1 fully saturated rings. The summed E-state index contributed by atoms with van der Waals surface area (Å²) in [5, 5.41) is 3.28. The van der Waals surface area contributed by atoms with Gasteiger partial charge in [0.1, 0.15) is 4.99 Å². The van der Waals surface area contributed by atoms with Crippen LogP contribution in [0.25, 0.3) is 0 Å². The molecular weight excluding hydrogens is 294 g/mol. The molecule has 1 aliphatic heterocycles. The van der Waals surface area contributed by atoms with E-state index in [-0.39, 0.29) is 17.4 Å². The van der Waals surface area contributed by atoms with Gasteiger partial charge in [0, 0.05) is 23.6 Å². The minimum absolute atomic E-state index is 0.146. The molecule has 110 valence electrons. The molecule has 1 saturated heterocycles. The van der Waals surface area contributed by atoms with Gasteiger partial charge in [0.25, 0.3) is 0 Å². The van der Waals surface area contributed by atoms with E-state index in [1.54, 1.807) is 0 Å². The molecule has 1 unspecified atom stereocenters. The maximum absolute atomic E-state index is 11.5. The van der Waals surface area contributed by atoms with Gasteiger partial charge >= 0.3 is 0 Å². The largest absolute Gasteiger partial charge is 0.389 e. The number of rotatable bonds is 4. The van der Waals surface area contributed by atoms with E-state index in [4.69, 9.17) is 18.0 Å². The zero-order valence-electron chi connectivity index (χ0n) is 11.6. The molecule has 0 radical (unpaired) electrons. The molecule has 7 heteroatoms. The summed E-state index contributed by atoms with van der Waals surface area (Å²) < 4.78 is 22.9. The monoisotopic (exact) mass is 313 g/mol. The van der Waals surface area contributed by atoms with Crippen LogP contribution in [-0.2, 0) is 9.84 Å². The Morgan fingerprint density at radius 1 is 1.55 bits per heavy atom. The summed E-state index contributed by atoms with van der Waals surface area (Å²) in [4.78, 5) is 4.66. The summed E-state index contributed by atoms with van der Waals surface area (Å²) in [6.45, 7) is 4.38. The average molecular weight is 313 g/mol. The highest BCUT2D eigenvalue weighted by atomic mass is 32.2. The molecule has 1 aromatic rings. The third-order valence-corrected chi connectivity index (χ3v) is 5.52. The fourth-order valence-electron chi connectivity index (χ4n) is 2.57. The lowest BCUT2D eigenvalue weighted by atomic mass is 10.1. The molecule has 2 rings (SSSR count). The Balaban J connectivity index is 2.15. The van der Waals surface area contributed by atoms with E-state index >= 15 is 0 Å². The topological polar surface area (TPSA) is 85.1 Å². The van der Waals surface area contributed by atoms with Gasteiger partial charge in [-0.25, -0.2) is 8.42 Å². The van der Waals surface area contributed by atoms with Gasteiger partial charge in [0.15, 0.2) is 9.84 Å². The van der Waals surface area contributed by atoms with Crippen LogP contribution >= 0.6 is 12.2 Å². The summed E-state index contributed by atoms with van der Waals surface area (Å²) in [6, 6.07) is 1.89. The van der Waals surface area contributed by atoms with Crippen LogP contribution in [-0.4, -0.2) is 36.4 Å². The Kier molecular flexibility index (Phi) is 4.29. The Labute approximate surface area is 124 Å². The molecule has 3 N–H and O–H groups in total. The number of hydrogen-bond donors (Lipinski definition) is 2. The second-order valence-corrected chi connectivity index (χ2v) is 7.95. The molecule has 0 saturated carbocycles. The first-order valence-corrected chi connectivity index (χ1v) is 8.74. The number of aromatic nitrogens is 1. The summed E-state index contributed by atoms with van der Waals surface area (Å²) >= 11 is 5.07. The Bertz CT molecular complexity index is 641. The van der Waals surface area contributed by atoms with Crippen molar-refractivity contribution in [3.8, 4) is 0 Å². The summed E-state index contributed by atoms with van der Waals surface area (Å²) in [5.41, 5.74) is 9.00. The van der Waals surface area contributed by atoms with E-state index in [0.29, 0.717) is 18.0 Å². The summed E-state index contributed by atoms with van der Waals surface area (Å²) in [7, 11) is -2.85. The van der Waals surface area contributed by atoms with Crippen molar-refractivity contribution in [2.75, 3.05) is 23.4 Å². The highest BCUT2D eigenvalue weighted by Gasteiger charge is 2.27. The van der Waals surface area contributed by atoms with Gasteiger partial charge in [-0.2, -0.15) is 0 Å². The van der Waals surface area contributed by atoms with Crippen molar-refractivity contribution in [3.63, 3.8) is 0 Å². The van der Waals surface area contributed by atoms with Crippen molar-refractivity contribution in [1.82, 2.24) is 4.98 Å². The van der Waals surface area contributed by atoms with Gasteiger partial charge < -0.3 is 11.1 Å². The van der Waals surface area contributed by atoms with Gasteiger partial charge in [-0.15, -0.1) is 0 Å². The van der Waals surface area contributed by atoms with Crippen LogP contribution in [0.4, 0.5) is 5.69 Å². The van der Waals surface area contributed by atoms with Crippen LogP contribution in [0.5, 0.6) is 0 Å². The molecular formula is C13H19N3O2S2. The van der Waals surface area contributed by atoms with E-state index in [0.717, 1.165) is 22.6 Å². The summed E-state index contributed by atoms with van der Waals surface area (Å²) in [5.74, 6) is 0.689. The first-order chi connectivity index (χ1) is 9.28. The summed E-state index contributed by atoms with van der Waals surface area (Å²) in [6.07, 6.45) is 0.709. The van der Waals surface area contributed by atoms with E-state index in [1.807, 2.05) is 19.9 Å². The second-order valence-electron chi connectivity index (χ2n) is 5.29. The number of anilines is 1. The van der Waals surface area contributed by atoms with Crippen molar-refractivity contribution in [2.45, 2.75) is 20.3 Å². The molecule has 0 bridgehead atoms. The number of thiocarbonyl (C=S) groups is 1. The third-order valence-electron chi connectivity index (χ3n) is 3.48. The van der Waals surface area contributed by atoms with Crippen LogP contribution in [0.3, 0.4) is 0 Å². The number of nitrogens with one attached hydrogen (secondary N) is 1. The molecule has 0 amide bonds. The van der Waals surface area contributed by atoms with Gasteiger partial charge in [-0.3, -0.25) is 4.98 Å². The minimum Gasteiger partial charge on any atom is -0.389 e. The van der Waals surface area contributed by atoms with Crippen molar-refractivity contribution >= 4 is 32.7 Å². The lowest BCUT2D eigenvalue weighted by Crippen LogP contribution is -2.20. The lowest BCUT2D eigenvalue weighted by Gasteiger charge is -2.16. The molecule has 20 heavy (non-hydrogen) atoms. The van der Waals surface area contributed by atoms with E-state index in [2.05, 4.69) is 10.3 Å². The van der Waals surface area contributed by atoms with Crippen molar-refractivity contribution in [3.05, 3.63) is 23.0 Å². The lowest BCUT2D eigenvalue weighted by molar-refractivity contribution is 0.596. The zero-order valence-corrected chi connectivity index (χ0v) is 13.3. The number of nitrogens with zero attached hydrogens (tertiary/aromatic N) is 1. The van der Waals surface area contributed by atoms with Crippen LogP contribution in [0.15, 0.2) is 6.07 Å². The highest BCUT2D eigenvalue weighted by Crippen LogP contribution is 2.23. The van der Waals surface area contributed by atoms with Gasteiger partial charge in [-0.05, 0) is 32.3 Å². The van der Waals surface area contributed by atoms with Gasteiger partial charge in [0.05, 0.1) is 17.1 Å². The molecule has 0 spiro atoms. The second kappa shape index (κ2) is 5.65. The molecule has 1 aliphatic rings. The number of pyridine rings is 1. The SMILES string of the molecule is Cc1cc(NCC2CCS(=O)(=O)C2)c(C(N)=S)c(C)n1. The zero-order chi connectivity index (χ0) is 14.9. The Morgan fingerprint density at radius 3 is 2.80 bits per heavy atom. The smallest absolute Gasteiger partial charge is 0.150 e. The van der Waals surface area contributed by atoms with E-state index in [1.165, 1.54) is 0 Å². The van der Waals surface area contributed by atoms with Crippen molar-refractivity contribution in [2.24, 2.45) is 11.7 Å². The fraction of sp³-hybridized carbons (Fsp3) is 0.538. The molecule has 1 atom stereocenters. The predicted octanol–water partition coefficient (Wildman–Crippen LogP) is 1.18. The molecule has 0 aromatic carbocycles. The van der Waals surface area contributed by atoms with Gasteiger partial charge in [0.2, 0.25) is 0 Å². The van der Waals surface area contributed by atoms with Crippen molar-refractivity contribution < 1.29 is 8.42 Å². The maximum Gasteiger partial charge on any atom is 0.150 e. The minimum atomic E-state index is -2.85. The van der Waals surface area contributed by atoms with Crippen LogP contribution in [0, 0.1) is 19.8 Å².